The topological polar surface area (TPSA) is 33.1 Å². The first-order valence-electron chi connectivity index (χ1n) is 2.55. The minimum absolute atomic E-state index is 0. The molecule has 0 radical (unpaired) electrons. The van der Waals surface area contributed by atoms with Crippen molar-refractivity contribution in [3.05, 3.63) is 28.5 Å². The van der Waals surface area contributed by atoms with Crippen LogP contribution in [0.2, 0.25) is 0 Å². The van der Waals surface area contributed by atoms with E-state index in [0.29, 0.717) is 5.69 Å². The molecule has 0 saturated heterocycles. The first-order valence-corrected chi connectivity index (χ1v) is 3.34. The smallest absolute Gasteiger partial charge is 0.0864 e. The molecule has 2 nitrogen and oxygen atoms in total. The summed E-state index contributed by atoms with van der Waals surface area (Å²) in [6.07, 6.45) is 1.65. The summed E-state index contributed by atoms with van der Waals surface area (Å²) in [5.74, 6) is 0. The predicted molar refractivity (Wildman–Crippen MR) is 48.2 cm³/mol. The molecule has 0 unspecified atom stereocenters. The van der Waals surface area contributed by atoms with Crippen LogP contribution in [0.5, 0.6) is 0 Å². The zero-order chi connectivity index (χ0) is 6.69. The summed E-state index contributed by atoms with van der Waals surface area (Å²) in [5, 5.41) is 8.63. The van der Waals surface area contributed by atoms with Gasteiger partial charge >= 0.3 is 0 Å². The Hall–Kier alpha value is 0.0700. The normalized spacial score (nSPS) is 8.60. The van der Waals surface area contributed by atoms with Crippen LogP contribution < -0.4 is 0 Å². The van der Waals surface area contributed by atoms with E-state index < -0.39 is 0 Å². The van der Waals surface area contributed by atoms with Gasteiger partial charge in [0.2, 0.25) is 0 Å². The van der Waals surface area contributed by atoms with Crippen LogP contribution in [0, 0.1) is 0 Å². The zero-order valence-corrected chi connectivity index (χ0v) is 8.42. The second-order valence-electron chi connectivity index (χ2n) is 1.59. The molecule has 1 heterocycles. The van der Waals surface area contributed by atoms with E-state index in [-0.39, 0.29) is 23.6 Å². The molecule has 1 aromatic rings. The van der Waals surface area contributed by atoms with Crippen LogP contribution in [0.1, 0.15) is 5.69 Å². The molecular weight excluding hydrogens is 262 g/mol. The molecule has 0 saturated carbocycles. The number of rotatable bonds is 1. The SMILES string of the molecule is Br.OCc1ncccc1Br. The summed E-state index contributed by atoms with van der Waals surface area (Å²) in [5.41, 5.74) is 0.678. The van der Waals surface area contributed by atoms with Gasteiger partial charge in [-0.05, 0) is 28.1 Å². The van der Waals surface area contributed by atoms with Crippen molar-refractivity contribution in [1.82, 2.24) is 4.98 Å². The number of aliphatic hydroxyl groups is 1. The summed E-state index contributed by atoms with van der Waals surface area (Å²) in [6, 6.07) is 3.65. The maximum absolute atomic E-state index is 8.63. The molecule has 0 aliphatic heterocycles. The lowest BCUT2D eigenvalue weighted by Gasteiger charge is -1.94. The average molecular weight is 269 g/mol. The fraction of sp³-hybridized carbons (Fsp3) is 0.167. The van der Waals surface area contributed by atoms with Gasteiger partial charge in [-0.1, -0.05) is 0 Å². The second kappa shape index (κ2) is 4.82. The van der Waals surface area contributed by atoms with Crippen LogP contribution in [-0.2, 0) is 6.61 Å². The van der Waals surface area contributed by atoms with Gasteiger partial charge in [0.25, 0.3) is 0 Å². The molecule has 0 spiro atoms. The Morgan fingerprint density at radius 1 is 1.60 bits per heavy atom. The van der Waals surface area contributed by atoms with Crippen molar-refractivity contribution in [2.75, 3.05) is 0 Å². The molecule has 1 aromatic heterocycles. The van der Waals surface area contributed by atoms with E-state index in [0.717, 1.165) is 4.47 Å². The highest BCUT2D eigenvalue weighted by Crippen LogP contribution is 2.11. The molecular formula is C6H7Br2NO. The third-order valence-corrected chi connectivity index (χ3v) is 1.71. The van der Waals surface area contributed by atoms with Crippen molar-refractivity contribution < 1.29 is 5.11 Å². The van der Waals surface area contributed by atoms with Crippen LogP contribution in [0.15, 0.2) is 22.8 Å². The number of hydrogen-bond acceptors (Lipinski definition) is 2. The highest BCUT2D eigenvalue weighted by atomic mass is 79.9. The number of aromatic nitrogens is 1. The van der Waals surface area contributed by atoms with Gasteiger partial charge in [-0.3, -0.25) is 4.98 Å². The second-order valence-corrected chi connectivity index (χ2v) is 2.44. The number of nitrogens with zero attached hydrogens (tertiary/aromatic N) is 1. The Morgan fingerprint density at radius 2 is 2.30 bits per heavy atom. The quantitative estimate of drug-likeness (QED) is 0.844. The van der Waals surface area contributed by atoms with Gasteiger partial charge in [-0.15, -0.1) is 17.0 Å². The standard InChI is InChI=1S/C6H6BrNO.BrH/c7-5-2-1-3-8-6(5)4-9;/h1-3,9H,4H2;1H. The Kier molecular flexibility index (Phi) is 4.85. The molecule has 0 fully saturated rings. The summed E-state index contributed by atoms with van der Waals surface area (Å²) >= 11 is 3.23. The van der Waals surface area contributed by atoms with Gasteiger partial charge in [0.05, 0.1) is 12.3 Å². The third-order valence-electron chi connectivity index (χ3n) is 0.984. The van der Waals surface area contributed by atoms with Gasteiger partial charge in [0.15, 0.2) is 0 Å². The van der Waals surface area contributed by atoms with Gasteiger partial charge in [0, 0.05) is 10.7 Å². The van der Waals surface area contributed by atoms with E-state index in [2.05, 4.69) is 20.9 Å². The molecule has 1 N–H and O–H groups in total. The van der Waals surface area contributed by atoms with E-state index >= 15 is 0 Å². The summed E-state index contributed by atoms with van der Waals surface area (Å²) in [4.78, 5) is 3.90. The largest absolute Gasteiger partial charge is 0.390 e. The van der Waals surface area contributed by atoms with Crippen molar-refractivity contribution in [2.45, 2.75) is 6.61 Å². The highest BCUT2D eigenvalue weighted by molar-refractivity contribution is 9.10. The van der Waals surface area contributed by atoms with E-state index in [4.69, 9.17) is 5.11 Å². The monoisotopic (exact) mass is 267 g/mol. The van der Waals surface area contributed by atoms with Gasteiger partial charge in [-0.2, -0.15) is 0 Å². The predicted octanol–water partition coefficient (Wildman–Crippen LogP) is 1.91. The molecule has 0 amide bonds. The van der Waals surface area contributed by atoms with Gasteiger partial charge in [0.1, 0.15) is 0 Å². The lowest BCUT2D eigenvalue weighted by atomic mass is 10.4. The van der Waals surface area contributed by atoms with E-state index in [1.165, 1.54) is 0 Å². The molecule has 0 aliphatic rings. The Labute approximate surface area is 78.2 Å². The van der Waals surface area contributed by atoms with E-state index in [1.54, 1.807) is 6.20 Å². The highest BCUT2D eigenvalue weighted by Gasteiger charge is 1.94. The lowest BCUT2D eigenvalue weighted by molar-refractivity contribution is 0.276. The molecule has 0 aliphatic carbocycles. The third kappa shape index (κ3) is 2.36. The van der Waals surface area contributed by atoms with Crippen LogP contribution in [-0.4, -0.2) is 10.1 Å². The van der Waals surface area contributed by atoms with Crippen LogP contribution in [0.3, 0.4) is 0 Å². The van der Waals surface area contributed by atoms with Crippen molar-refractivity contribution in [2.24, 2.45) is 0 Å². The van der Waals surface area contributed by atoms with Crippen molar-refractivity contribution in [3.8, 4) is 0 Å². The first kappa shape index (κ1) is 10.1. The van der Waals surface area contributed by atoms with Gasteiger partial charge < -0.3 is 5.11 Å². The average Bonchev–Trinajstić information content (AvgIpc) is 1.89. The molecule has 1 rings (SSSR count). The molecule has 4 heteroatoms. The lowest BCUT2D eigenvalue weighted by Crippen LogP contribution is -1.87. The molecule has 0 atom stereocenters. The number of halogens is 2. The number of pyridine rings is 1. The zero-order valence-electron chi connectivity index (χ0n) is 5.12. The molecule has 56 valence electrons. The summed E-state index contributed by atoms with van der Waals surface area (Å²) in [7, 11) is 0. The fourth-order valence-corrected chi connectivity index (χ4v) is 0.915. The Balaban J connectivity index is 0.000000810. The van der Waals surface area contributed by atoms with E-state index in [9.17, 15) is 0 Å². The maximum atomic E-state index is 8.63. The number of hydrogen-bond donors (Lipinski definition) is 1. The molecule has 0 bridgehead atoms. The fourth-order valence-electron chi connectivity index (χ4n) is 0.535. The minimum atomic E-state index is -0.0125. The van der Waals surface area contributed by atoms with Gasteiger partial charge in [-0.25, -0.2) is 0 Å². The van der Waals surface area contributed by atoms with Crippen LogP contribution in [0.4, 0.5) is 0 Å². The summed E-state index contributed by atoms with van der Waals surface area (Å²) < 4.78 is 0.854. The Morgan fingerprint density at radius 3 is 2.70 bits per heavy atom. The summed E-state index contributed by atoms with van der Waals surface area (Å²) in [6.45, 7) is -0.0125. The van der Waals surface area contributed by atoms with Crippen molar-refractivity contribution in [1.29, 1.82) is 0 Å². The van der Waals surface area contributed by atoms with Crippen LogP contribution >= 0.6 is 32.9 Å². The Bertz CT molecular complexity index is 205. The van der Waals surface area contributed by atoms with E-state index in [1.807, 2.05) is 12.1 Å². The minimum Gasteiger partial charge on any atom is -0.390 e. The maximum Gasteiger partial charge on any atom is 0.0864 e. The van der Waals surface area contributed by atoms with Crippen LogP contribution in [0.25, 0.3) is 0 Å². The van der Waals surface area contributed by atoms with Crippen molar-refractivity contribution >= 4 is 32.9 Å². The molecule has 10 heavy (non-hydrogen) atoms. The first-order chi connectivity index (χ1) is 4.34. The number of aliphatic hydroxyl groups excluding tert-OH is 1. The van der Waals surface area contributed by atoms with Crippen molar-refractivity contribution in [3.63, 3.8) is 0 Å². The molecule has 0 aromatic carbocycles.